The summed E-state index contributed by atoms with van der Waals surface area (Å²) in [5, 5.41) is 3.28. The van der Waals surface area contributed by atoms with Crippen molar-refractivity contribution in [1.82, 2.24) is 5.32 Å². The maximum atomic E-state index is 12.3. The second kappa shape index (κ2) is 5.38. The second-order valence-electron chi connectivity index (χ2n) is 6.11. The van der Waals surface area contributed by atoms with E-state index >= 15 is 0 Å². The molecule has 0 amide bonds. The van der Waals surface area contributed by atoms with E-state index in [9.17, 15) is 4.79 Å². The van der Waals surface area contributed by atoms with Gasteiger partial charge in [0.1, 0.15) is 5.54 Å². The fourth-order valence-corrected chi connectivity index (χ4v) is 3.25. The monoisotopic (exact) mass is 241 g/mol. The molecule has 1 aliphatic rings. The van der Waals surface area contributed by atoms with Crippen LogP contribution in [-0.2, 0) is 9.53 Å². The lowest BCUT2D eigenvalue weighted by atomic mass is 9.62. The van der Waals surface area contributed by atoms with Gasteiger partial charge in [0.2, 0.25) is 0 Å². The Hall–Kier alpha value is -0.570. The molecule has 0 aromatic heterocycles. The Balaban J connectivity index is 3.03. The van der Waals surface area contributed by atoms with E-state index in [0.29, 0.717) is 12.5 Å². The van der Waals surface area contributed by atoms with Crippen LogP contribution in [0, 0.1) is 11.3 Å². The van der Waals surface area contributed by atoms with E-state index < -0.39 is 5.54 Å². The van der Waals surface area contributed by atoms with Crippen LogP contribution in [0.15, 0.2) is 0 Å². The van der Waals surface area contributed by atoms with Crippen LogP contribution in [0.3, 0.4) is 0 Å². The molecular formula is C14H27NO2. The lowest BCUT2D eigenvalue weighted by Gasteiger charge is -2.48. The number of carbonyl (C=O) groups is 1. The highest BCUT2D eigenvalue weighted by molar-refractivity contribution is 5.81. The minimum Gasteiger partial charge on any atom is -0.465 e. The lowest BCUT2D eigenvalue weighted by molar-refractivity contribution is -0.158. The van der Waals surface area contributed by atoms with Gasteiger partial charge in [-0.15, -0.1) is 0 Å². The molecule has 0 radical (unpaired) electrons. The number of nitrogens with one attached hydrogen (secondary N) is 1. The van der Waals surface area contributed by atoms with Crippen molar-refractivity contribution in [3.63, 3.8) is 0 Å². The maximum Gasteiger partial charge on any atom is 0.326 e. The molecule has 1 saturated carbocycles. The van der Waals surface area contributed by atoms with Crippen LogP contribution in [0.5, 0.6) is 0 Å². The molecule has 2 unspecified atom stereocenters. The molecule has 0 aromatic rings. The Labute approximate surface area is 105 Å². The summed E-state index contributed by atoms with van der Waals surface area (Å²) in [5.74, 6) is 0.273. The molecule has 1 N–H and O–H groups in total. The van der Waals surface area contributed by atoms with Crippen molar-refractivity contribution in [2.75, 3.05) is 13.7 Å². The van der Waals surface area contributed by atoms with Gasteiger partial charge in [0.15, 0.2) is 0 Å². The number of likely N-dealkylation sites (N-methyl/N-ethyl adjacent to an activating group) is 1. The molecule has 1 fully saturated rings. The summed E-state index contributed by atoms with van der Waals surface area (Å²) in [7, 11) is 1.89. The topological polar surface area (TPSA) is 38.3 Å². The molecule has 17 heavy (non-hydrogen) atoms. The summed E-state index contributed by atoms with van der Waals surface area (Å²) in [4.78, 5) is 12.3. The molecule has 100 valence electrons. The molecule has 3 nitrogen and oxygen atoms in total. The van der Waals surface area contributed by atoms with Gasteiger partial charge in [-0.05, 0) is 38.1 Å². The molecule has 0 heterocycles. The first-order valence-corrected chi connectivity index (χ1v) is 6.74. The zero-order valence-corrected chi connectivity index (χ0v) is 11.9. The van der Waals surface area contributed by atoms with Gasteiger partial charge in [0.05, 0.1) is 6.61 Å². The Bertz CT molecular complexity index is 270. The first-order valence-electron chi connectivity index (χ1n) is 6.74. The minimum absolute atomic E-state index is 0.0675. The predicted molar refractivity (Wildman–Crippen MR) is 69.8 cm³/mol. The van der Waals surface area contributed by atoms with Gasteiger partial charge in [0.25, 0.3) is 0 Å². The van der Waals surface area contributed by atoms with E-state index in [1.807, 2.05) is 14.0 Å². The lowest BCUT2D eigenvalue weighted by Crippen LogP contribution is -2.61. The third-order valence-electron chi connectivity index (χ3n) is 4.04. The van der Waals surface area contributed by atoms with Crippen molar-refractivity contribution in [3.05, 3.63) is 0 Å². The summed E-state index contributed by atoms with van der Waals surface area (Å²) in [6.07, 6.45) is 4.31. The quantitative estimate of drug-likeness (QED) is 0.772. The standard InChI is InChI=1S/C14H27NO2/c1-6-17-12(16)14(15-5)10-8-7-9-11(14)13(2,3)4/h11,15H,6-10H2,1-5H3. The van der Waals surface area contributed by atoms with Crippen LogP contribution in [0.2, 0.25) is 0 Å². The van der Waals surface area contributed by atoms with Crippen LogP contribution < -0.4 is 5.32 Å². The van der Waals surface area contributed by atoms with Crippen molar-refractivity contribution in [2.24, 2.45) is 11.3 Å². The molecular weight excluding hydrogens is 214 g/mol. The van der Waals surface area contributed by atoms with E-state index in [4.69, 9.17) is 4.74 Å². The van der Waals surface area contributed by atoms with E-state index in [2.05, 4.69) is 26.1 Å². The van der Waals surface area contributed by atoms with Crippen LogP contribution in [0.1, 0.15) is 53.4 Å². The zero-order chi connectivity index (χ0) is 13.1. The number of carbonyl (C=O) groups excluding carboxylic acids is 1. The number of hydrogen-bond donors (Lipinski definition) is 1. The van der Waals surface area contributed by atoms with Gasteiger partial charge >= 0.3 is 5.97 Å². The Kier molecular flexibility index (Phi) is 4.59. The fourth-order valence-electron chi connectivity index (χ4n) is 3.25. The highest BCUT2D eigenvalue weighted by Gasteiger charge is 2.51. The molecule has 1 aliphatic carbocycles. The Morgan fingerprint density at radius 3 is 2.53 bits per heavy atom. The SMILES string of the molecule is CCOC(=O)C1(NC)CCCCC1C(C)(C)C. The van der Waals surface area contributed by atoms with Gasteiger partial charge in [-0.25, -0.2) is 0 Å². The molecule has 3 heteroatoms. The van der Waals surface area contributed by atoms with Crippen molar-refractivity contribution in [2.45, 2.75) is 58.9 Å². The molecule has 0 aliphatic heterocycles. The summed E-state index contributed by atoms with van der Waals surface area (Å²) >= 11 is 0. The minimum atomic E-state index is -0.480. The first-order chi connectivity index (χ1) is 7.88. The van der Waals surface area contributed by atoms with Crippen LogP contribution in [0.25, 0.3) is 0 Å². The molecule has 0 saturated heterocycles. The third-order valence-corrected chi connectivity index (χ3v) is 4.04. The number of esters is 1. The van der Waals surface area contributed by atoms with Crippen LogP contribution in [-0.4, -0.2) is 25.2 Å². The maximum absolute atomic E-state index is 12.3. The summed E-state index contributed by atoms with van der Waals surface area (Å²) in [6, 6.07) is 0. The number of ether oxygens (including phenoxy) is 1. The molecule has 1 rings (SSSR count). The van der Waals surface area contributed by atoms with Gasteiger partial charge in [-0.1, -0.05) is 33.6 Å². The summed E-state index contributed by atoms with van der Waals surface area (Å²) < 4.78 is 5.30. The van der Waals surface area contributed by atoms with Gasteiger partial charge in [-0.3, -0.25) is 4.79 Å². The smallest absolute Gasteiger partial charge is 0.326 e. The predicted octanol–water partition coefficient (Wildman–Crippen LogP) is 2.74. The van der Waals surface area contributed by atoms with Crippen molar-refractivity contribution < 1.29 is 9.53 Å². The molecule has 0 bridgehead atoms. The van der Waals surface area contributed by atoms with Crippen molar-refractivity contribution in [1.29, 1.82) is 0 Å². The van der Waals surface area contributed by atoms with E-state index in [-0.39, 0.29) is 11.4 Å². The summed E-state index contributed by atoms with van der Waals surface area (Å²) in [5.41, 5.74) is -0.358. The van der Waals surface area contributed by atoms with E-state index in [1.165, 1.54) is 6.42 Å². The molecule has 2 atom stereocenters. The van der Waals surface area contributed by atoms with E-state index in [0.717, 1.165) is 19.3 Å². The second-order valence-corrected chi connectivity index (χ2v) is 6.11. The first kappa shape index (κ1) is 14.5. The average molecular weight is 241 g/mol. The van der Waals surface area contributed by atoms with E-state index in [1.54, 1.807) is 0 Å². The van der Waals surface area contributed by atoms with Gasteiger partial charge in [0, 0.05) is 0 Å². The van der Waals surface area contributed by atoms with Gasteiger partial charge < -0.3 is 10.1 Å². The normalized spacial score (nSPS) is 30.1. The number of hydrogen-bond acceptors (Lipinski definition) is 3. The molecule has 0 aromatic carbocycles. The van der Waals surface area contributed by atoms with Crippen molar-refractivity contribution >= 4 is 5.97 Å². The Morgan fingerprint density at radius 1 is 1.41 bits per heavy atom. The highest BCUT2D eigenvalue weighted by Crippen LogP contribution is 2.44. The molecule has 0 spiro atoms. The summed E-state index contributed by atoms with van der Waals surface area (Å²) in [6.45, 7) is 8.98. The average Bonchev–Trinajstić information content (AvgIpc) is 2.28. The fraction of sp³-hybridized carbons (Fsp3) is 0.929. The number of rotatable bonds is 3. The third kappa shape index (κ3) is 2.82. The van der Waals surface area contributed by atoms with Gasteiger partial charge in [-0.2, -0.15) is 0 Å². The van der Waals surface area contributed by atoms with Crippen LogP contribution in [0.4, 0.5) is 0 Å². The van der Waals surface area contributed by atoms with Crippen LogP contribution >= 0.6 is 0 Å². The Morgan fingerprint density at radius 2 is 2.06 bits per heavy atom. The van der Waals surface area contributed by atoms with Crippen molar-refractivity contribution in [3.8, 4) is 0 Å². The zero-order valence-electron chi connectivity index (χ0n) is 11.9. The highest BCUT2D eigenvalue weighted by atomic mass is 16.5. The largest absolute Gasteiger partial charge is 0.465 e.